The number of aromatic nitrogens is 3. The maximum atomic E-state index is 5.97. The molecule has 96 valence electrons. The van der Waals surface area contributed by atoms with Crippen molar-refractivity contribution in [3.05, 3.63) is 58.3 Å². The van der Waals surface area contributed by atoms with E-state index in [9.17, 15) is 0 Å². The van der Waals surface area contributed by atoms with Crippen LogP contribution in [0.5, 0.6) is 0 Å². The molecule has 19 heavy (non-hydrogen) atoms. The Labute approximate surface area is 120 Å². The van der Waals surface area contributed by atoms with Gasteiger partial charge in [-0.05, 0) is 29.8 Å². The highest BCUT2D eigenvalue weighted by Crippen LogP contribution is 2.22. The number of anilines is 1. The Morgan fingerprint density at radius 3 is 2.84 bits per heavy atom. The summed E-state index contributed by atoms with van der Waals surface area (Å²) in [4.78, 5) is 4.14. The van der Waals surface area contributed by atoms with Gasteiger partial charge in [0, 0.05) is 18.9 Å². The third-order valence-electron chi connectivity index (χ3n) is 2.71. The van der Waals surface area contributed by atoms with Crippen molar-refractivity contribution in [1.29, 1.82) is 0 Å². The Morgan fingerprint density at radius 2 is 2.00 bits per heavy atom. The van der Waals surface area contributed by atoms with Crippen LogP contribution in [-0.2, 0) is 6.54 Å². The first-order valence-corrected chi connectivity index (χ1v) is 6.46. The lowest BCUT2D eigenvalue weighted by Crippen LogP contribution is -2.03. The summed E-state index contributed by atoms with van der Waals surface area (Å²) < 4.78 is 1.72. The average molecular weight is 293 g/mol. The summed E-state index contributed by atoms with van der Waals surface area (Å²) in [5, 5.41) is 8.72. The van der Waals surface area contributed by atoms with Crippen molar-refractivity contribution in [1.82, 2.24) is 14.6 Å². The molecule has 0 spiro atoms. The molecule has 4 nitrogen and oxygen atoms in total. The first kappa shape index (κ1) is 12.3. The maximum Gasteiger partial charge on any atom is 0.153 e. The third-order valence-corrected chi connectivity index (χ3v) is 3.45. The number of halogens is 2. The highest BCUT2D eigenvalue weighted by atomic mass is 35.5. The molecule has 0 unspecified atom stereocenters. The summed E-state index contributed by atoms with van der Waals surface area (Å²) in [6.07, 6.45) is 3.52. The molecule has 0 atom stereocenters. The molecular weight excluding hydrogens is 283 g/mol. The maximum absolute atomic E-state index is 5.97. The van der Waals surface area contributed by atoms with E-state index in [0.717, 1.165) is 17.0 Å². The number of imidazole rings is 1. The zero-order valence-corrected chi connectivity index (χ0v) is 11.4. The number of nitrogens with zero attached hydrogens (tertiary/aromatic N) is 3. The SMILES string of the molecule is Clc1ccc(CNc2ccc3nccn3n2)cc1Cl. The molecule has 2 heterocycles. The molecule has 2 aromatic heterocycles. The molecule has 6 heteroatoms. The second-order valence-electron chi connectivity index (χ2n) is 4.05. The molecular formula is C13H10Cl2N4. The number of nitrogens with one attached hydrogen (secondary N) is 1. The van der Waals surface area contributed by atoms with Crippen molar-refractivity contribution in [3.63, 3.8) is 0 Å². The highest BCUT2D eigenvalue weighted by Gasteiger charge is 2.01. The van der Waals surface area contributed by atoms with Gasteiger partial charge in [0.05, 0.1) is 10.0 Å². The first-order valence-electron chi connectivity index (χ1n) is 5.70. The molecule has 0 radical (unpaired) electrons. The lowest BCUT2D eigenvalue weighted by atomic mass is 10.2. The van der Waals surface area contributed by atoms with E-state index in [1.165, 1.54) is 0 Å². The van der Waals surface area contributed by atoms with E-state index in [2.05, 4.69) is 15.4 Å². The Bertz CT molecular complexity index is 723. The summed E-state index contributed by atoms with van der Waals surface area (Å²) in [5.41, 5.74) is 1.86. The number of benzene rings is 1. The second-order valence-corrected chi connectivity index (χ2v) is 4.86. The second kappa shape index (κ2) is 5.07. The molecule has 0 bridgehead atoms. The molecule has 1 N–H and O–H groups in total. The van der Waals surface area contributed by atoms with Gasteiger partial charge in [-0.1, -0.05) is 29.3 Å². The monoisotopic (exact) mass is 292 g/mol. The van der Waals surface area contributed by atoms with Crippen LogP contribution in [0.3, 0.4) is 0 Å². The van der Waals surface area contributed by atoms with Gasteiger partial charge < -0.3 is 5.32 Å². The quantitative estimate of drug-likeness (QED) is 0.801. The molecule has 0 fully saturated rings. The van der Waals surface area contributed by atoms with Gasteiger partial charge in [0.15, 0.2) is 5.65 Å². The minimum atomic E-state index is 0.555. The normalized spacial score (nSPS) is 10.8. The smallest absolute Gasteiger partial charge is 0.153 e. The van der Waals surface area contributed by atoms with Crippen LogP contribution in [0.15, 0.2) is 42.7 Å². The van der Waals surface area contributed by atoms with E-state index in [4.69, 9.17) is 23.2 Å². The fraction of sp³-hybridized carbons (Fsp3) is 0.0769. The molecule has 0 saturated carbocycles. The van der Waals surface area contributed by atoms with Crippen LogP contribution in [0, 0.1) is 0 Å². The zero-order valence-electron chi connectivity index (χ0n) is 9.85. The van der Waals surface area contributed by atoms with Crippen LogP contribution in [0.1, 0.15) is 5.56 Å². The standard InChI is InChI=1S/C13H10Cl2N4/c14-10-2-1-9(7-11(10)15)8-17-12-3-4-13-16-5-6-19(13)18-12/h1-7H,8H2,(H,17,18). The van der Waals surface area contributed by atoms with E-state index < -0.39 is 0 Å². The van der Waals surface area contributed by atoms with Crippen molar-refractivity contribution in [2.45, 2.75) is 6.54 Å². The lowest BCUT2D eigenvalue weighted by Gasteiger charge is -2.06. The molecule has 0 amide bonds. The van der Waals surface area contributed by atoms with Gasteiger partial charge in [-0.25, -0.2) is 9.50 Å². The third kappa shape index (κ3) is 2.64. The van der Waals surface area contributed by atoms with Crippen LogP contribution in [0.25, 0.3) is 5.65 Å². The molecule has 0 saturated heterocycles. The number of hydrogen-bond donors (Lipinski definition) is 1. The van der Waals surface area contributed by atoms with E-state index in [1.807, 2.05) is 24.3 Å². The van der Waals surface area contributed by atoms with Crippen LogP contribution in [-0.4, -0.2) is 14.6 Å². The topological polar surface area (TPSA) is 42.2 Å². The number of fused-ring (bicyclic) bond motifs is 1. The summed E-state index contributed by atoms with van der Waals surface area (Å²) in [5.74, 6) is 0.775. The lowest BCUT2D eigenvalue weighted by molar-refractivity contribution is 0.925. The zero-order chi connectivity index (χ0) is 13.2. The van der Waals surface area contributed by atoms with Gasteiger partial charge in [0.1, 0.15) is 5.82 Å². The Balaban J connectivity index is 1.75. The van der Waals surface area contributed by atoms with E-state index >= 15 is 0 Å². The van der Waals surface area contributed by atoms with Gasteiger partial charge >= 0.3 is 0 Å². The molecule has 0 aliphatic heterocycles. The van der Waals surface area contributed by atoms with E-state index in [0.29, 0.717) is 16.6 Å². The fourth-order valence-electron chi connectivity index (χ4n) is 1.75. The molecule has 0 aliphatic rings. The average Bonchev–Trinajstić information content (AvgIpc) is 2.87. The summed E-state index contributed by atoms with van der Waals surface area (Å²) in [6, 6.07) is 9.35. The summed E-state index contributed by atoms with van der Waals surface area (Å²) in [6.45, 7) is 0.629. The first-order chi connectivity index (χ1) is 9.22. The molecule has 3 rings (SSSR count). The summed E-state index contributed by atoms with van der Waals surface area (Å²) in [7, 11) is 0. The Kier molecular flexibility index (Phi) is 3.27. The predicted molar refractivity (Wildman–Crippen MR) is 76.8 cm³/mol. The van der Waals surface area contributed by atoms with Gasteiger partial charge in [-0.15, -0.1) is 5.10 Å². The largest absolute Gasteiger partial charge is 0.365 e. The number of hydrogen-bond acceptors (Lipinski definition) is 3. The Hall–Kier alpha value is -1.78. The fourth-order valence-corrected chi connectivity index (χ4v) is 2.07. The van der Waals surface area contributed by atoms with Crippen LogP contribution in [0.4, 0.5) is 5.82 Å². The van der Waals surface area contributed by atoms with E-state index in [1.54, 1.807) is 23.0 Å². The van der Waals surface area contributed by atoms with Crippen LogP contribution >= 0.6 is 23.2 Å². The van der Waals surface area contributed by atoms with Gasteiger partial charge in [-0.2, -0.15) is 0 Å². The molecule has 3 aromatic rings. The van der Waals surface area contributed by atoms with E-state index in [-0.39, 0.29) is 0 Å². The van der Waals surface area contributed by atoms with Crippen molar-refractivity contribution in [2.75, 3.05) is 5.32 Å². The van der Waals surface area contributed by atoms with Crippen molar-refractivity contribution < 1.29 is 0 Å². The Morgan fingerprint density at radius 1 is 1.11 bits per heavy atom. The molecule has 0 aliphatic carbocycles. The van der Waals surface area contributed by atoms with Crippen LogP contribution in [0.2, 0.25) is 10.0 Å². The minimum absolute atomic E-state index is 0.555. The predicted octanol–water partition coefficient (Wildman–Crippen LogP) is 3.65. The summed E-state index contributed by atoms with van der Waals surface area (Å²) >= 11 is 11.8. The number of rotatable bonds is 3. The van der Waals surface area contributed by atoms with Gasteiger partial charge in [0.2, 0.25) is 0 Å². The van der Waals surface area contributed by atoms with Crippen molar-refractivity contribution >= 4 is 34.7 Å². The van der Waals surface area contributed by atoms with Gasteiger partial charge in [-0.3, -0.25) is 0 Å². The van der Waals surface area contributed by atoms with Crippen LogP contribution < -0.4 is 5.32 Å². The van der Waals surface area contributed by atoms with Gasteiger partial charge in [0.25, 0.3) is 0 Å². The molecule has 1 aromatic carbocycles. The van der Waals surface area contributed by atoms with Crippen molar-refractivity contribution in [2.24, 2.45) is 0 Å². The van der Waals surface area contributed by atoms with Crippen molar-refractivity contribution in [3.8, 4) is 0 Å². The highest BCUT2D eigenvalue weighted by molar-refractivity contribution is 6.42. The minimum Gasteiger partial charge on any atom is -0.365 e.